The number of halogens is 1. The molecule has 1 fully saturated rings. The highest BCUT2D eigenvalue weighted by atomic mass is 32.3. The van der Waals surface area contributed by atoms with E-state index in [4.69, 9.17) is 4.74 Å². The molecule has 3 aromatic heterocycles. The Labute approximate surface area is 261 Å². The number of nitrogens with zero attached hydrogens (tertiary/aromatic N) is 5. The molecule has 0 aromatic carbocycles. The van der Waals surface area contributed by atoms with Gasteiger partial charge in [-0.25, -0.2) is 19.7 Å². The van der Waals surface area contributed by atoms with Crippen LogP contribution in [0.25, 0.3) is 11.1 Å². The quantitative estimate of drug-likeness (QED) is 0.193. The first-order valence-electron chi connectivity index (χ1n) is 15.5. The number of hydrogen-bond acceptors (Lipinski definition) is 6. The predicted molar refractivity (Wildman–Crippen MR) is 175 cm³/mol. The van der Waals surface area contributed by atoms with Crippen molar-refractivity contribution in [2.24, 2.45) is 11.8 Å². The Morgan fingerprint density at radius 2 is 1.84 bits per heavy atom. The molecule has 3 heterocycles. The Morgan fingerprint density at radius 1 is 1.11 bits per heavy atom. The van der Waals surface area contributed by atoms with Gasteiger partial charge < -0.3 is 15.4 Å². The molecule has 242 valence electrons. The van der Waals surface area contributed by atoms with Gasteiger partial charge in [0.25, 0.3) is 5.91 Å². The molecule has 10 nitrogen and oxygen atoms in total. The highest BCUT2D eigenvalue weighted by Gasteiger charge is 2.33. The first kappa shape index (κ1) is 33.6. The summed E-state index contributed by atoms with van der Waals surface area (Å²) in [6.45, 7) is 9.43. The second-order valence-corrected chi connectivity index (χ2v) is 17.2. The van der Waals surface area contributed by atoms with Crippen LogP contribution in [0.4, 0.5) is 10.2 Å². The smallest absolute Gasteiger partial charge is 0.270 e. The second-order valence-electron chi connectivity index (χ2n) is 12.6. The van der Waals surface area contributed by atoms with Crippen molar-refractivity contribution in [3.05, 3.63) is 47.4 Å². The fraction of sp³-hybridized carbons (Fsp3) is 0.594. The molecular formula is C32H48FN7O3S. The van der Waals surface area contributed by atoms with Gasteiger partial charge in [-0.15, -0.1) is 0 Å². The summed E-state index contributed by atoms with van der Waals surface area (Å²) in [5, 5.41) is 14.5. The van der Waals surface area contributed by atoms with Crippen molar-refractivity contribution in [3.63, 3.8) is 0 Å². The number of carbonyl (C=O) groups is 2. The highest BCUT2D eigenvalue weighted by Crippen LogP contribution is 2.34. The lowest BCUT2D eigenvalue weighted by Gasteiger charge is -2.32. The first-order chi connectivity index (χ1) is 20.9. The van der Waals surface area contributed by atoms with Gasteiger partial charge in [0, 0.05) is 35.3 Å². The number of aryl methyl sites for hydroxylation is 2. The molecule has 1 atom stereocenters. The van der Waals surface area contributed by atoms with Gasteiger partial charge in [-0.05, 0) is 81.9 Å². The molecule has 2 amide bonds. The maximum Gasteiger partial charge on any atom is 0.270 e. The summed E-state index contributed by atoms with van der Waals surface area (Å²) in [7, 11) is -0.659. The maximum atomic E-state index is 15.6. The molecule has 0 aliphatic heterocycles. The van der Waals surface area contributed by atoms with E-state index in [1.54, 1.807) is 33.8 Å². The van der Waals surface area contributed by atoms with Crippen LogP contribution in [0.3, 0.4) is 0 Å². The molecule has 3 aromatic rings. The molecule has 1 aliphatic carbocycles. The van der Waals surface area contributed by atoms with Crippen LogP contribution < -0.4 is 10.6 Å². The topological polar surface area (TPSA) is 116 Å². The summed E-state index contributed by atoms with van der Waals surface area (Å²) in [6.07, 6.45) is 12.6. The zero-order chi connectivity index (χ0) is 32.0. The Morgan fingerprint density at radius 3 is 2.48 bits per heavy atom. The number of amides is 2. The van der Waals surface area contributed by atoms with Crippen molar-refractivity contribution in [1.82, 2.24) is 29.9 Å². The van der Waals surface area contributed by atoms with E-state index >= 15 is 4.39 Å². The van der Waals surface area contributed by atoms with Crippen molar-refractivity contribution in [1.29, 1.82) is 0 Å². The van der Waals surface area contributed by atoms with E-state index in [1.807, 2.05) is 20.8 Å². The lowest BCUT2D eigenvalue weighted by atomic mass is 9.79. The summed E-state index contributed by atoms with van der Waals surface area (Å²) >= 11 is 0. The predicted octanol–water partition coefficient (Wildman–Crippen LogP) is 5.40. The number of hydrogen-bond donors (Lipinski definition) is 2. The summed E-state index contributed by atoms with van der Waals surface area (Å²) in [5.41, 5.74) is 2.95. The van der Waals surface area contributed by atoms with Crippen molar-refractivity contribution >= 4 is 27.7 Å². The van der Waals surface area contributed by atoms with Crippen LogP contribution in [0, 0.1) is 24.7 Å². The second kappa shape index (κ2) is 14.7. The van der Waals surface area contributed by atoms with E-state index in [-0.39, 0.29) is 17.6 Å². The summed E-state index contributed by atoms with van der Waals surface area (Å²) in [5.74, 6) is 0.164. The van der Waals surface area contributed by atoms with Gasteiger partial charge in [0.2, 0.25) is 11.9 Å². The van der Waals surface area contributed by atoms with Gasteiger partial charge in [0.05, 0.1) is 12.3 Å². The maximum absolute atomic E-state index is 15.6. The molecule has 4 rings (SSSR count). The Kier molecular flexibility index (Phi) is 11.2. The van der Waals surface area contributed by atoms with E-state index < -0.39 is 27.9 Å². The third-order valence-electron chi connectivity index (χ3n) is 8.34. The number of rotatable bonds is 13. The number of pyridine rings is 1. The number of anilines is 1. The van der Waals surface area contributed by atoms with Crippen molar-refractivity contribution in [3.8, 4) is 11.1 Å². The Bertz CT molecular complexity index is 1440. The minimum atomic E-state index is -0.785. The van der Waals surface area contributed by atoms with E-state index in [0.29, 0.717) is 54.7 Å². The zero-order valence-corrected chi connectivity index (χ0v) is 28.0. The van der Waals surface area contributed by atoms with Gasteiger partial charge in [-0.2, -0.15) is 14.6 Å². The lowest BCUT2D eigenvalue weighted by molar-refractivity contribution is -0.119. The SMILES string of the molecule is CCc1c(-c2ccc(NC(=O)[C@@H](NC(=O)c3ccnn3CC)[C@H]3CC[C@H](C)CC3)nc2F)c(C)nn1COCCS(C)(C)C. The molecule has 0 spiro atoms. The van der Waals surface area contributed by atoms with E-state index in [9.17, 15) is 9.59 Å². The highest BCUT2D eigenvalue weighted by molar-refractivity contribution is 8.32. The van der Waals surface area contributed by atoms with Crippen LogP contribution in [0.15, 0.2) is 24.4 Å². The van der Waals surface area contributed by atoms with Crippen LogP contribution in [-0.2, 0) is 29.2 Å². The normalized spacial score (nSPS) is 18.2. The van der Waals surface area contributed by atoms with Crippen LogP contribution in [-0.4, -0.2) is 73.5 Å². The molecule has 44 heavy (non-hydrogen) atoms. The Balaban J connectivity index is 1.52. The monoisotopic (exact) mass is 629 g/mol. The van der Waals surface area contributed by atoms with Crippen LogP contribution in [0.1, 0.15) is 68.3 Å². The fourth-order valence-corrected chi connectivity index (χ4v) is 6.43. The van der Waals surface area contributed by atoms with E-state index in [2.05, 4.69) is 51.5 Å². The number of carbonyl (C=O) groups excluding carboxylic acids is 2. The average Bonchev–Trinajstić information content (AvgIpc) is 3.58. The minimum absolute atomic E-state index is 0.0371. The molecule has 2 N–H and O–H groups in total. The van der Waals surface area contributed by atoms with Crippen molar-refractivity contribution < 1.29 is 18.7 Å². The molecule has 0 bridgehead atoms. The lowest BCUT2D eigenvalue weighted by Crippen LogP contribution is -2.49. The van der Waals surface area contributed by atoms with Gasteiger partial charge in [0.1, 0.15) is 24.3 Å². The third-order valence-corrected chi connectivity index (χ3v) is 9.73. The van der Waals surface area contributed by atoms with Gasteiger partial charge in [-0.1, -0.05) is 26.7 Å². The summed E-state index contributed by atoms with van der Waals surface area (Å²) in [4.78, 5) is 30.9. The van der Waals surface area contributed by atoms with Crippen LogP contribution in [0.2, 0.25) is 0 Å². The molecule has 0 unspecified atom stereocenters. The Hall–Kier alpha value is -3.25. The van der Waals surface area contributed by atoms with Gasteiger partial charge >= 0.3 is 0 Å². The van der Waals surface area contributed by atoms with Crippen molar-refractivity contribution in [2.75, 3.05) is 36.4 Å². The molecule has 1 aliphatic rings. The molecule has 1 saturated carbocycles. The van der Waals surface area contributed by atoms with Gasteiger partial charge in [0.15, 0.2) is 0 Å². The molecule has 12 heteroatoms. The summed E-state index contributed by atoms with van der Waals surface area (Å²) in [6, 6.07) is 4.08. The third kappa shape index (κ3) is 8.26. The molecule has 0 radical (unpaired) electrons. The fourth-order valence-electron chi connectivity index (χ4n) is 5.81. The van der Waals surface area contributed by atoms with Crippen LogP contribution >= 0.6 is 10.0 Å². The van der Waals surface area contributed by atoms with E-state index in [0.717, 1.165) is 37.1 Å². The standard InChI is InChI=1S/C32H48FN7O3S/c1-8-25-28(22(4)38-40(25)20-43-18-19-44(5,6)7)24-14-15-27(35-30(24)33)36-32(42)29(23-12-10-21(3)11-13-23)37-31(41)26-16-17-34-39(26)9-2/h14-17,21,23,29H,8-13,18-20H2,1-7H3,(H,37,41)(H,35,36,42)/t21-,23-,29-/m0/s1. The van der Waals surface area contributed by atoms with Crippen molar-refractivity contribution in [2.45, 2.75) is 79.1 Å². The van der Waals surface area contributed by atoms with Crippen LogP contribution in [0.5, 0.6) is 0 Å². The largest absolute Gasteiger partial charge is 0.358 e. The number of ether oxygens (including phenoxy) is 1. The van der Waals surface area contributed by atoms with E-state index in [1.165, 1.54) is 0 Å². The minimum Gasteiger partial charge on any atom is -0.358 e. The molecular weight excluding hydrogens is 581 g/mol. The zero-order valence-electron chi connectivity index (χ0n) is 27.2. The number of nitrogens with one attached hydrogen (secondary N) is 2. The average molecular weight is 630 g/mol. The number of aromatic nitrogens is 5. The van der Waals surface area contributed by atoms with Gasteiger partial charge in [-0.3, -0.25) is 14.3 Å². The molecule has 0 saturated heterocycles. The summed E-state index contributed by atoms with van der Waals surface area (Å²) < 4.78 is 24.9. The first-order valence-corrected chi connectivity index (χ1v) is 18.5.